The highest BCUT2D eigenvalue weighted by Crippen LogP contribution is 2.41. The number of hydrogen-bond donors (Lipinski definition) is 1. The van der Waals surface area contributed by atoms with Gasteiger partial charge in [-0.3, -0.25) is 25.0 Å². The van der Waals surface area contributed by atoms with Crippen LogP contribution in [0, 0.1) is 20.2 Å². The Balaban J connectivity index is 2.04. The molecule has 3 aromatic rings. The molecule has 0 aliphatic rings. The van der Waals surface area contributed by atoms with Crippen LogP contribution >= 0.6 is 23.1 Å². The fourth-order valence-electron chi connectivity index (χ4n) is 2.35. The fraction of sp³-hybridized carbons (Fsp3) is 0.0588. The van der Waals surface area contributed by atoms with E-state index in [1.807, 2.05) is 0 Å². The zero-order valence-corrected chi connectivity index (χ0v) is 15.6. The van der Waals surface area contributed by atoms with Crippen LogP contribution in [-0.2, 0) is 4.79 Å². The maximum Gasteiger partial charge on any atom is 0.313 e. The molecule has 0 aliphatic heterocycles. The second kappa shape index (κ2) is 8.15. The number of non-ortho nitro benzene ring substituents is 2. The molecule has 11 heteroatoms. The monoisotopic (exact) mass is 417 g/mol. The van der Waals surface area contributed by atoms with Gasteiger partial charge in [-0.2, -0.15) is 0 Å². The van der Waals surface area contributed by atoms with Crippen LogP contribution in [0.3, 0.4) is 0 Å². The molecule has 0 fully saturated rings. The predicted molar refractivity (Wildman–Crippen MR) is 105 cm³/mol. The quantitative estimate of drug-likeness (QED) is 0.338. The third-order valence-corrected chi connectivity index (χ3v) is 5.85. The first-order chi connectivity index (χ1) is 13.3. The van der Waals surface area contributed by atoms with E-state index >= 15 is 0 Å². The Labute approximate surface area is 166 Å². The Morgan fingerprint density at radius 3 is 1.93 bits per heavy atom. The number of thiazole rings is 1. The van der Waals surface area contributed by atoms with Gasteiger partial charge in [0.25, 0.3) is 11.4 Å². The van der Waals surface area contributed by atoms with Crippen molar-refractivity contribution in [1.82, 2.24) is 4.98 Å². The largest absolute Gasteiger partial charge is 0.481 e. The van der Waals surface area contributed by atoms with E-state index in [0.29, 0.717) is 26.0 Å². The van der Waals surface area contributed by atoms with E-state index in [1.54, 1.807) is 24.3 Å². The third-order valence-electron chi connectivity index (χ3n) is 3.62. The van der Waals surface area contributed by atoms with Crippen LogP contribution < -0.4 is 0 Å². The molecule has 2 aromatic carbocycles. The molecule has 0 unspecified atom stereocenters. The van der Waals surface area contributed by atoms with Crippen molar-refractivity contribution in [1.29, 1.82) is 0 Å². The molecule has 1 heterocycles. The Hall–Kier alpha value is -3.31. The number of carboxylic acids is 1. The number of carboxylic acid groups (broad SMARTS) is 1. The van der Waals surface area contributed by atoms with Crippen LogP contribution in [0.25, 0.3) is 21.7 Å². The zero-order chi connectivity index (χ0) is 20.3. The van der Waals surface area contributed by atoms with Crippen LogP contribution in [0.1, 0.15) is 0 Å². The topological polar surface area (TPSA) is 136 Å². The summed E-state index contributed by atoms with van der Waals surface area (Å²) in [6, 6.07) is 11.8. The van der Waals surface area contributed by atoms with Crippen molar-refractivity contribution in [3.63, 3.8) is 0 Å². The second-order valence-electron chi connectivity index (χ2n) is 5.45. The summed E-state index contributed by atoms with van der Waals surface area (Å²) >= 11 is 2.32. The third kappa shape index (κ3) is 4.32. The highest BCUT2D eigenvalue weighted by atomic mass is 32.2. The molecule has 0 amide bonds. The lowest BCUT2D eigenvalue weighted by Crippen LogP contribution is -1.96. The molecule has 1 aromatic heterocycles. The normalized spacial score (nSPS) is 10.6. The lowest BCUT2D eigenvalue weighted by molar-refractivity contribution is -0.385. The molecule has 9 nitrogen and oxygen atoms in total. The summed E-state index contributed by atoms with van der Waals surface area (Å²) in [5.41, 5.74) is 1.72. The molecule has 0 spiro atoms. The van der Waals surface area contributed by atoms with Crippen molar-refractivity contribution >= 4 is 40.4 Å². The smallest absolute Gasteiger partial charge is 0.313 e. The Kier molecular flexibility index (Phi) is 5.66. The van der Waals surface area contributed by atoms with Crippen LogP contribution in [0.5, 0.6) is 0 Å². The number of aliphatic carboxylic acids is 1. The SMILES string of the molecule is O=C(O)CSc1nc(-c2ccc([N+](=O)[O-])cc2)c(-c2ccc([N+](=O)[O-])cc2)s1. The number of aromatic nitrogens is 1. The summed E-state index contributed by atoms with van der Waals surface area (Å²) in [5, 5.41) is 30.6. The number of benzene rings is 2. The molecule has 142 valence electrons. The predicted octanol–water partition coefficient (Wildman–Crippen LogP) is 4.47. The standard InChI is InChI=1S/C17H11N3O6S2/c21-14(22)9-27-17-18-15(10-1-5-12(6-2-10)19(23)24)16(28-17)11-3-7-13(8-4-11)20(25)26/h1-8H,9H2,(H,21,22). The van der Waals surface area contributed by atoms with E-state index in [2.05, 4.69) is 4.98 Å². The Morgan fingerprint density at radius 1 is 0.964 bits per heavy atom. The zero-order valence-electron chi connectivity index (χ0n) is 14.0. The first-order valence-electron chi connectivity index (χ1n) is 7.70. The lowest BCUT2D eigenvalue weighted by atomic mass is 10.1. The molecule has 0 radical (unpaired) electrons. The van der Waals surface area contributed by atoms with Crippen molar-refractivity contribution in [2.45, 2.75) is 4.34 Å². The minimum atomic E-state index is -0.978. The van der Waals surface area contributed by atoms with Gasteiger partial charge in [0.05, 0.1) is 26.2 Å². The van der Waals surface area contributed by atoms with Gasteiger partial charge in [-0.15, -0.1) is 11.3 Å². The highest BCUT2D eigenvalue weighted by Gasteiger charge is 2.18. The Morgan fingerprint density at radius 2 is 1.46 bits per heavy atom. The first kappa shape index (κ1) is 19.5. The number of nitro benzene ring substituents is 2. The van der Waals surface area contributed by atoms with E-state index in [-0.39, 0.29) is 17.1 Å². The van der Waals surface area contributed by atoms with Gasteiger partial charge in [0, 0.05) is 29.8 Å². The second-order valence-corrected chi connectivity index (χ2v) is 7.67. The number of carbonyl (C=O) groups is 1. The number of nitro groups is 2. The average molecular weight is 417 g/mol. The van der Waals surface area contributed by atoms with Gasteiger partial charge in [0.2, 0.25) is 0 Å². The van der Waals surface area contributed by atoms with E-state index in [0.717, 1.165) is 11.8 Å². The fourth-order valence-corrected chi connectivity index (χ4v) is 4.24. The molecule has 0 bridgehead atoms. The number of rotatable bonds is 7. The average Bonchev–Trinajstić information content (AvgIpc) is 3.11. The number of hydrogen-bond acceptors (Lipinski definition) is 8. The molecular weight excluding hydrogens is 406 g/mol. The molecule has 28 heavy (non-hydrogen) atoms. The lowest BCUT2D eigenvalue weighted by Gasteiger charge is -2.03. The van der Waals surface area contributed by atoms with Crippen molar-refractivity contribution in [3.05, 3.63) is 68.8 Å². The van der Waals surface area contributed by atoms with Crippen molar-refractivity contribution in [2.75, 3.05) is 5.75 Å². The van der Waals surface area contributed by atoms with Gasteiger partial charge in [-0.05, 0) is 29.8 Å². The van der Waals surface area contributed by atoms with Crippen LogP contribution in [0.15, 0.2) is 52.9 Å². The van der Waals surface area contributed by atoms with Gasteiger partial charge in [-0.1, -0.05) is 11.8 Å². The minimum absolute atomic E-state index is 0.0503. The molecule has 1 N–H and O–H groups in total. The maximum absolute atomic E-state index is 10.9. The highest BCUT2D eigenvalue weighted by molar-refractivity contribution is 8.01. The first-order valence-corrected chi connectivity index (χ1v) is 9.50. The number of thioether (sulfide) groups is 1. The Bertz CT molecular complexity index is 973. The van der Waals surface area contributed by atoms with Gasteiger partial charge < -0.3 is 5.11 Å². The van der Waals surface area contributed by atoms with Crippen LogP contribution in [-0.4, -0.2) is 31.7 Å². The van der Waals surface area contributed by atoms with E-state index < -0.39 is 15.8 Å². The number of nitrogens with zero attached hydrogens (tertiary/aromatic N) is 3. The van der Waals surface area contributed by atoms with Gasteiger partial charge in [0.1, 0.15) is 0 Å². The van der Waals surface area contributed by atoms with E-state index in [1.165, 1.54) is 35.6 Å². The van der Waals surface area contributed by atoms with Gasteiger partial charge >= 0.3 is 5.97 Å². The van der Waals surface area contributed by atoms with Crippen molar-refractivity contribution < 1.29 is 19.7 Å². The molecule has 0 saturated carbocycles. The minimum Gasteiger partial charge on any atom is -0.481 e. The summed E-state index contributed by atoms with van der Waals surface area (Å²) in [6.07, 6.45) is 0. The maximum atomic E-state index is 10.9. The summed E-state index contributed by atoms with van der Waals surface area (Å²) in [4.78, 5) is 36.7. The van der Waals surface area contributed by atoms with Crippen molar-refractivity contribution in [2.24, 2.45) is 0 Å². The molecular formula is C17H11N3O6S2. The molecule has 0 atom stereocenters. The molecule has 0 saturated heterocycles. The molecule has 0 aliphatic carbocycles. The van der Waals surface area contributed by atoms with Crippen LogP contribution in [0.2, 0.25) is 0 Å². The van der Waals surface area contributed by atoms with E-state index in [4.69, 9.17) is 5.11 Å². The summed E-state index contributed by atoms with van der Waals surface area (Å²) < 4.78 is 0.518. The molecule has 3 rings (SSSR count). The summed E-state index contributed by atoms with van der Waals surface area (Å²) in [6.45, 7) is 0. The van der Waals surface area contributed by atoms with Crippen LogP contribution in [0.4, 0.5) is 11.4 Å². The van der Waals surface area contributed by atoms with Crippen molar-refractivity contribution in [3.8, 4) is 21.7 Å². The van der Waals surface area contributed by atoms with E-state index in [9.17, 15) is 25.0 Å². The van der Waals surface area contributed by atoms with Gasteiger partial charge in [0.15, 0.2) is 4.34 Å². The summed E-state index contributed by atoms with van der Waals surface area (Å²) in [5.74, 6) is -1.14. The van der Waals surface area contributed by atoms with Gasteiger partial charge in [-0.25, -0.2) is 4.98 Å². The summed E-state index contributed by atoms with van der Waals surface area (Å²) in [7, 11) is 0.